The van der Waals surface area contributed by atoms with Gasteiger partial charge in [0.2, 0.25) is 0 Å². The second kappa shape index (κ2) is 5.42. The molecule has 0 amide bonds. The second-order valence-electron chi connectivity index (χ2n) is 4.27. The predicted octanol–water partition coefficient (Wildman–Crippen LogP) is 4.55. The summed E-state index contributed by atoms with van der Waals surface area (Å²) in [5.74, 6) is -1.33. The lowest BCUT2D eigenvalue weighted by atomic mass is 9.98. The van der Waals surface area contributed by atoms with Gasteiger partial charge in [-0.1, -0.05) is 29.8 Å². The van der Waals surface area contributed by atoms with Crippen molar-refractivity contribution in [2.45, 2.75) is 12.2 Å². The van der Waals surface area contributed by atoms with E-state index in [0.29, 0.717) is 16.7 Å². The van der Waals surface area contributed by atoms with Crippen molar-refractivity contribution in [1.82, 2.24) is 0 Å². The number of hydrogen-bond acceptors (Lipinski definition) is 1. The van der Waals surface area contributed by atoms with Crippen molar-refractivity contribution in [1.29, 1.82) is 0 Å². The first kappa shape index (κ1) is 14.8. The number of halogens is 5. The molecule has 2 aromatic rings. The lowest BCUT2D eigenvalue weighted by molar-refractivity contribution is -0.140. The van der Waals surface area contributed by atoms with E-state index in [1.165, 1.54) is 6.07 Å². The van der Waals surface area contributed by atoms with Gasteiger partial charge in [0.1, 0.15) is 5.82 Å². The Hall–Kier alpha value is -1.59. The fourth-order valence-corrected chi connectivity index (χ4v) is 1.94. The minimum atomic E-state index is -4.72. The standard InChI is InChI=1S/C14H10ClF4N/c15-10-4-1-8(2-5-10)13(20)9-3-6-11(12(16)7-9)14(17,18)19/h1-7,13H,20H2. The van der Waals surface area contributed by atoms with Crippen molar-refractivity contribution in [3.05, 3.63) is 70.0 Å². The van der Waals surface area contributed by atoms with Crippen LogP contribution in [-0.2, 0) is 6.18 Å². The van der Waals surface area contributed by atoms with Gasteiger partial charge in [-0.15, -0.1) is 0 Å². The maximum absolute atomic E-state index is 13.5. The smallest absolute Gasteiger partial charge is 0.320 e. The highest BCUT2D eigenvalue weighted by molar-refractivity contribution is 6.30. The SMILES string of the molecule is NC(c1ccc(Cl)cc1)c1ccc(C(F)(F)F)c(F)c1. The van der Waals surface area contributed by atoms with Crippen LogP contribution in [0.3, 0.4) is 0 Å². The molecule has 0 aliphatic rings. The van der Waals surface area contributed by atoms with E-state index in [2.05, 4.69) is 0 Å². The van der Waals surface area contributed by atoms with E-state index in [1.54, 1.807) is 24.3 Å². The van der Waals surface area contributed by atoms with E-state index in [4.69, 9.17) is 17.3 Å². The van der Waals surface area contributed by atoms with Gasteiger partial charge < -0.3 is 5.73 Å². The third kappa shape index (κ3) is 3.11. The average Bonchev–Trinajstić information content (AvgIpc) is 2.37. The molecular weight excluding hydrogens is 294 g/mol. The Kier molecular flexibility index (Phi) is 4.01. The molecule has 2 rings (SSSR count). The molecule has 1 nitrogen and oxygen atoms in total. The van der Waals surface area contributed by atoms with E-state index < -0.39 is 23.6 Å². The summed E-state index contributed by atoms with van der Waals surface area (Å²) in [7, 11) is 0. The fourth-order valence-electron chi connectivity index (χ4n) is 1.82. The van der Waals surface area contributed by atoms with Crippen molar-refractivity contribution in [2.24, 2.45) is 5.73 Å². The Morgan fingerprint density at radius 3 is 2.00 bits per heavy atom. The lowest BCUT2D eigenvalue weighted by Gasteiger charge is -2.15. The van der Waals surface area contributed by atoms with Crippen LogP contribution < -0.4 is 5.73 Å². The molecule has 2 N–H and O–H groups in total. The molecule has 6 heteroatoms. The molecule has 0 aliphatic heterocycles. The van der Waals surface area contributed by atoms with Crippen LogP contribution in [0.5, 0.6) is 0 Å². The average molecular weight is 304 g/mol. The summed E-state index contributed by atoms with van der Waals surface area (Å²) < 4.78 is 50.9. The first-order chi connectivity index (χ1) is 9.29. The van der Waals surface area contributed by atoms with Gasteiger partial charge in [-0.05, 0) is 35.4 Å². The Bertz CT molecular complexity index is 608. The van der Waals surface area contributed by atoms with Gasteiger partial charge in [0, 0.05) is 5.02 Å². The largest absolute Gasteiger partial charge is 0.419 e. The highest BCUT2D eigenvalue weighted by Crippen LogP contribution is 2.33. The number of hydrogen-bond donors (Lipinski definition) is 1. The Labute approximate surface area is 118 Å². The number of alkyl halides is 3. The summed E-state index contributed by atoms with van der Waals surface area (Å²) in [6.07, 6.45) is -4.72. The van der Waals surface area contributed by atoms with Gasteiger partial charge in [-0.3, -0.25) is 0 Å². The summed E-state index contributed by atoms with van der Waals surface area (Å²) in [4.78, 5) is 0. The molecule has 106 valence electrons. The van der Waals surface area contributed by atoms with Gasteiger partial charge in [-0.25, -0.2) is 4.39 Å². The molecule has 20 heavy (non-hydrogen) atoms. The maximum atomic E-state index is 13.5. The molecule has 0 heterocycles. The van der Waals surface area contributed by atoms with Crippen molar-refractivity contribution < 1.29 is 17.6 Å². The van der Waals surface area contributed by atoms with E-state index in [-0.39, 0.29) is 5.56 Å². The molecular formula is C14H10ClF4N. The quantitative estimate of drug-likeness (QED) is 0.810. The minimum Gasteiger partial charge on any atom is -0.320 e. The fraction of sp³-hybridized carbons (Fsp3) is 0.143. The van der Waals surface area contributed by atoms with Crippen LogP contribution in [0.1, 0.15) is 22.7 Å². The van der Waals surface area contributed by atoms with Gasteiger partial charge >= 0.3 is 6.18 Å². The molecule has 0 fully saturated rings. The lowest BCUT2D eigenvalue weighted by Crippen LogP contribution is -2.14. The summed E-state index contributed by atoms with van der Waals surface area (Å²) in [5.41, 5.74) is 5.50. The van der Waals surface area contributed by atoms with E-state index >= 15 is 0 Å². The first-order valence-corrected chi connectivity index (χ1v) is 6.04. The monoisotopic (exact) mass is 303 g/mol. The zero-order valence-corrected chi connectivity index (χ0v) is 10.8. The van der Waals surface area contributed by atoms with Gasteiger partial charge in [-0.2, -0.15) is 13.2 Å². The van der Waals surface area contributed by atoms with Crippen molar-refractivity contribution in [3.63, 3.8) is 0 Å². The zero-order valence-electron chi connectivity index (χ0n) is 10.1. The maximum Gasteiger partial charge on any atom is 0.419 e. The number of benzene rings is 2. The van der Waals surface area contributed by atoms with Crippen LogP contribution in [0, 0.1) is 5.82 Å². The third-order valence-electron chi connectivity index (χ3n) is 2.89. The zero-order chi connectivity index (χ0) is 14.9. The molecule has 0 spiro atoms. The molecule has 0 saturated heterocycles. The normalized spacial score (nSPS) is 13.3. The highest BCUT2D eigenvalue weighted by atomic mass is 35.5. The molecule has 0 saturated carbocycles. The Morgan fingerprint density at radius 2 is 1.50 bits per heavy atom. The van der Waals surface area contributed by atoms with Crippen molar-refractivity contribution in [2.75, 3.05) is 0 Å². The van der Waals surface area contributed by atoms with Crippen LogP contribution in [0.2, 0.25) is 5.02 Å². The number of rotatable bonds is 2. The van der Waals surface area contributed by atoms with Crippen LogP contribution >= 0.6 is 11.6 Å². The molecule has 0 aromatic heterocycles. The Balaban J connectivity index is 2.34. The van der Waals surface area contributed by atoms with E-state index in [1.807, 2.05) is 0 Å². The van der Waals surface area contributed by atoms with Gasteiger partial charge in [0.15, 0.2) is 0 Å². The van der Waals surface area contributed by atoms with Crippen molar-refractivity contribution >= 4 is 11.6 Å². The molecule has 0 radical (unpaired) electrons. The van der Waals surface area contributed by atoms with Crippen LogP contribution in [0.4, 0.5) is 17.6 Å². The summed E-state index contributed by atoms with van der Waals surface area (Å²) in [6.45, 7) is 0. The van der Waals surface area contributed by atoms with Gasteiger partial charge in [0.25, 0.3) is 0 Å². The molecule has 0 aliphatic carbocycles. The van der Waals surface area contributed by atoms with Crippen LogP contribution in [0.25, 0.3) is 0 Å². The van der Waals surface area contributed by atoms with Crippen LogP contribution in [-0.4, -0.2) is 0 Å². The molecule has 2 aromatic carbocycles. The van der Waals surface area contributed by atoms with Crippen molar-refractivity contribution in [3.8, 4) is 0 Å². The molecule has 0 bridgehead atoms. The minimum absolute atomic E-state index is 0.262. The topological polar surface area (TPSA) is 26.0 Å². The van der Waals surface area contributed by atoms with E-state index in [9.17, 15) is 17.6 Å². The Morgan fingerprint density at radius 1 is 0.950 bits per heavy atom. The summed E-state index contributed by atoms with van der Waals surface area (Å²) in [5, 5.41) is 0.513. The van der Waals surface area contributed by atoms with Gasteiger partial charge in [0.05, 0.1) is 11.6 Å². The molecule has 1 atom stereocenters. The predicted molar refractivity (Wildman–Crippen MR) is 68.9 cm³/mol. The van der Waals surface area contributed by atoms with Crippen LogP contribution in [0.15, 0.2) is 42.5 Å². The van der Waals surface area contributed by atoms with E-state index in [0.717, 1.165) is 6.07 Å². The summed E-state index contributed by atoms with van der Waals surface area (Å²) in [6, 6.07) is 8.46. The third-order valence-corrected chi connectivity index (χ3v) is 3.14. The summed E-state index contributed by atoms with van der Waals surface area (Å²) >= 11 is 5.73. The molecule has 1 unspecified atom stereocenters. The first-order valence-electron chi connectivity index (χ1n) is 5.66. The number of nitrogens with two attached hydrogens (primary N) is 1. The highest BCUT2D eigenvalue weighted by Gasteiger charge is 2.34. The second-order valence-corrected chi connectivity index (χ2v) is 4.70.